The minimum Gasteiger partial charge on any atom is -0.371 e. The molecule has 1 heteroatoms. The van der Waals surface area contributed by atoms with Gasteiger partial charge >= 0.3 is 0 Å². The molecule has 1 nitrogen and oxygen atoms in total. The van der Waals surface area contributed by atoms with E-state index in [2.05, 4.69) is 42.3 Å². The van der Waals surface area contributed by atoms with Crippen LogP contribution < -0.4 is 4.90 Å². The monoisotopic (exact) mass is 213 g/mol. The van der Waals surface area contributed by atoms with E-state index in [1.165, 1.54) is 30.6 Å². The number of aryl methyl sites for hydroxylation is 1. The molecule has 1 aliphatic heterocycles. The molecule has 1 heterocycles. The van der Waals surface area contributed by atoms with Crippen LogP contribution in [0.15, 0.2) is 49.1 Å². The molecule has 1 aliphatic rings. The van der Waals surface area contributed by atoms with E-state index in [9.17, 15) is 0 Å². The molecule has 0 aliphatic carbocycles. The maximum Gasteiger partial charge on any atom is 0.0398 e. The Morgan fingerprint density at radius 3 is 3.00 bits per heavy atom. The van der Waals surface area contributed by atoms with Crippen LogP contribution in [0.5, 0.6) is 0 Å². The van der Waals surface area contributed by atoms with Crippen molar-refractivity contribution in [3.05, 3.63) is 54.6 Å². The Hall–Kier alpha value is -1.50. The van der Waals surface area contributed by atoms with Crippen molar-refractivity contribution in [2.75, 3.05) is 18.0 Å². The van der Waals surface area contributed by atoms with Crippen molar-refractivity contribution in [3.8, 4) is 0 Å². The first-order valence-corrected chi connectivity index (χ1v) is 5.94. The van der Waals surface area contributed by atoms with Gasteiger partial charge in [-0.25, -0.2) is 0 Å². The van der Waals surface area contributed by atoms with E-state index in [1.54, 1.807) is 0 Å². The van der Waals surface area contributed by atoms with Gasteiger partial charge < -0.3 is 4.90 Å². The smallest absolute Gasteiger partial charge is 0.0398 e. The van der Waals surface area contributed by atoms with E-state index < -0.39 is 0 Å². The van der Waals surface area contributed by atoms with Crippen molar-refractivity contribution >= 4 is 5.69 Å². The highest BCUT2D eigenvalue weighted by Gasteiger charge is 2.15. The summed E-state index contributed by atoms with van der Waals surface area (Å²) in [5.41, 5.74) is 4.02. The molecule has 0 saturated heterocycles. The number of hydrogen-bond donors (Lipinski definition) is 0. The van der Waals surface area contributed by atoms with E-state index in [0.29, 0.717) is 0 Å². The summed E-state index contributed by atoms with van der Waals surface area (Å²) in [5.74, 6) is 0. The Labute approximate surface area is 98.1 Å². The molecule has 0 aromatic heterocycles. The summed E-state index contributed by atoms with van der Waals surface area (Å²) in [7, 11) is 0. The Morgan fingerprint density at radius 1 is 1.38 bits per heavy atom. The van der Waals surface area contributed by atoms with E-state index in [0.717, 1.165) is 18.5 Å². The molecule has 0 N–H and O–H groups in total. The van der Waals surface area contributed by atoms with Gasteiger partial charge in [0.15, 0.2) is 0 Å². The maximum atomic E-state index is 3.97. The van der Waals surface area contributed by atoms with Gasteiger partial charge in [0.2, 0.25) is 0 Å². The third-order valence-electron chi connectivity index (χ3n) is 3.20. The molecule has 0 fully saturated rings. The van der Waals surface area contributed by atoms with Crippen molar-refractivity contribution in [2.45, 2.75) is 19.3 Å². The van der Waals surface area contributed by atoms with E-state index in [4.69, 9.17) is 0 Å². The van der Waals surface area contributed by atoms with Crippen LogP contribution in [0.2, 0.25) is 0 Å². The molecule has 0 radical (unpaired) electrons. The van der Waals surface area contributed by atoms with E-state index in [-0.39, 0.29) is 0 Å². The molecule has 16 heavy (non-hydrogen) atoms. The molecule has 84 valence electrons. The summed E-state index contributed by atoms with van der Waals surface area (Å²) >= 11 is 0. The molecular weight excluding hydrogens is 194 g/mol. The predicted octanol–water partition coefficient (Wildman–Crippen LogP) is 3.57. The molecule has 0 bridgehead atoms. The minimum atomic E-state index is 1.01. The molecule has 0 unspecified atom stereocenters. The van der Waals surface area contributed by atoms with Crippen molar-refractivity contribution < 1.29 is 0 Å². The average molecular weight is 213 g/mol. The Morgan fingerprint density at radius 2 is 2.19 bits per heavy atom. The summed E-state index contributed by atoms with van der Waals surface area (Å²) in [6, 6.07) is 8.72. The summed E-state index contributed by atoms with van der Waals surface area (Å²) in [6.07, 6.45) is 5.35. The number of para-hydroxylation sites is 1. The average Bonchev–Trinajstić information content (AvgIpc) is 2.35. The zero-order valence-electron chi connectivity index (χ0n) is 9.78. The molecule has 0 spiro atoms. The quantitative estimate of drug-likeness (QED) is 0.691. The third kappa shape index (κ3) is 2.35. The largest absolute Gasteiger partial charge is 0.371 e. The van der Waals surface area contributed by atoms with Crippen molar-refractivity contribution in [2.24, 2.45) is 0 Å². The summed E-state index contributed by atoms with van der Waals surface area (Å²) in [5, 5.41) is 0. The zero-order chi connectivity index (χ0) is 11.4. The van der Waals surface area contributed by atoms with Crippen LogP contribution >= 0.6 is 0 Å². The molecule has 2 rings (SSSR count). The second-order valence-electron chi connectivity index (χ2n) is 4.33. The van der Waals surface area contributed by atoms with Crippen LogP contribution in [0.25, 0.3) is 0 Å². The van der Waals surface area contributed by atoms with Crippen LogP contribution in [0, 0.1) is 0 Å². The first kappa shape index (κ1) is 11.0. The Bertz CT molecular complexity index is 392. The lowest BCUT2D eigenvalue weighted by Crippen LogP contribution is -2.30. The number of nitrogens with zero attached hydrogens (tertiary/aromatic N) is 1. The normalized spacial score (nSPS) is 14.4. The molecule has 0 amide bonds. The van der Waals surface area contributed by atoms with Crippen LogP contribution in [-0.4, -0.2) is 13.1 Å². The Kier molecular flexibility index (Phi) is 3.45. The molecule has 0 saturated carbocycles. The van der Waals surface area contributed by atoms with Crippen LogP contribution in [-0.2, 0) is 6.42 Å². The number of anilines is 1. The number of benzene rings is 1. The topological polar surface area (TPSA) is 3.24 Å². The standard InChI is InChI=1S/C15H19N/c1-3-13(2)10-12-16-11-6-8-14-7-4-5-9-15(14)16/h3-5,7,9H,1-2,6,8,10-12H2. The van der Waals surface area contributed by atoms with Crippen LogP contribution in [0.1, 0.15) is 18.4 Å². The van der Waals surface area contributed by atoms with Crippen molar-refractivity contribution in [3.63, 3.8) is 0 Å². The highest BCUT2D eigenvalue weighted by molar-refractivity contribution is 5.55. The van der Waals surface area contributed by atoms with Gasteiger partial charge in [-0.15, -0.1) is 0 Å². The Balaban J connectivity index is 2.07. The lowest BCUT2D eigenvalue weighted by atomic mass is 10.0. The van der Waals surface area contributed by atoms with Gasteiger partial charge in [0.25, 0.3) is 0 Å². The fraction of sp³-hybridized carbons (Fsp3) is 0.333. The van der Waals surface area contributed by atoms with Gasteiger partial charge in [-0.1, -0.05) is 43.0 Å². The first-order chi connectivity index (χ1) is 7.81. The zero-order valence-corrected chi connectivity index (χ0v) is 9.78. The highest BCUT2D eigenvalue weighted by Crippen LogP contribution is 2.26. The summed E-state index contributed by atoms with van der Waals surface area (Å²) < 4.78 is 0. The van der Waals surface area contributed by atoms with Crippen molar-refractivity contribution in [1.29, 1.82) is 0 Å². The number of fused-ring (bicyclic) bond motifs is 1. The van der Waals surface area contributed by atoms with E-state index >= 15 is 0 Å². The fourth-order valence-electron chi connectivity index (χ4n) is 2.22. The highest BCUT2D eigenvalue weighted by atomic mass is 15.1. The number of rotatable bonds is 4. The van der Waals surface area contributed by atoms with Crippen LogP contribution in [0.4, 0.5) is 5.69 Å². The second-order valence-corrected chi connectivity index (χ2v) is 4.33. The summed E-state index contributed by atoms with van der Waals surface area (Å²) in [4.78, 5) is 2.47. The van der Waals surface area contributed by atoms with Crippen molar-refractivity contribution in [1.82, 2.24) is 0 Å². The molecular formula is C15H19N. The van der Waals surface area contributed by atoms with Gasteiger partial charge in [-0.05, 0) is 30.9 Å². The SMILES string of the molecule is C=CC(=C)CCN1CCCc2ccccc21. The number of allylic oxidation sites excluding steroid dienone is 1. The van der Waals surface area contributed by atoms with E-state index in [1.807, 2.05) is 6.08 Å². The lowest BCUT2D eigenvalue weighted by Gasteiger charge is -2.31. The van der Waals surface area contributed by atoms with Gasteiger partial charge in [0.05, 0.1) is 0 Å². The molecule has 1 aromatic carbocycles. The van der Waals surface area contributed by atoms with Gasteiger partial charge in [0, 0.05) is 18.8 Å². The first-order valence-electron chi connectivity index (χ1n) is 5.94. The predicted molar refractivity (Wildman–Crippen MR) is 70.9 cm³/mol. The molecule has 1 aromatic rings. The lowest BCUT2D eigenvalue weighted by molar-refractivity contribution is 0.689. The second kappa shape index (κ2) is 5.02. The number of hydrogen-bond acceptors (Lipinski definition) is 1. The fourth-order valence-corrected chi connectivity index (χ4v) is 2.22. The summed E-state index contributed by atoms with van der Waals surface area (Å²) in [6.45, 7) is 9.94. The van der Waals surface area contributed by atoms with Gasteiger partial charge in [-0.3, -0.25) is 0 Å². The van der Waals surface area contributed by atoms with Gasteiger partial charge in [0.1, 0.15) is 0 Å². The van der Waals surface area contributed by atoms with Gasteiger partial charge in [-0.2, -0.15) is 0 Å². The third-order valence-corrected chi connectivity index (χ3v) is 3.20. The minimum absolute atomic E-state index is 1.01. The van der Waals surface area contributed by atoms with Crippen LogP contribution in [0.3, 0.4) is 0 Å². The molecule has 0 atom stereocenters. The maximum absolute atomic E-state index is 3.97.